The highest BCUT2D eigenvalue weighted by atomic mass is 13.8. The van der Waals surface area contributed by atoms with Gasteiger partial charge < -0.3 is 0 Å². The summed E-state index contributed by atoms with van der Waals surface area (Å²) >= 11 is 0. The number of hydrogen-bond donors (Lipinski definition) is 0. The van der Waals surface area contributed by atoms with Crippen LogP contribution in [0.3, 0.4) is 0 Å². The molecule has 0 aliphatic rings. The van der Waals surface area contributed by atoms with Crippen LogP contribution in [0, 0.1) is 20.8 Å². The van der Waals surface area contributed by atoms with E-state index in [2.05, 4.69) is 57.2 Å². The van der Waals surface area contributed by atoms with Crippen LogP contribution in [-0.2, 0) is 0 Å². The van der Waals surface area contributed by atoms with E-state index in [-0.39, 0.29) is 0 Å². The van der Waals surface area contributed by atoms with E-state index in [0.717, 1.165) is 0 Å². The molecule has 0 saturated heterocycles. The molecular formula is C27H42. The van der Waals surface area contributed by atoms with Crippen LogP contribution in [0.5, 0.6) is 0 Å². The minimum absolute atomic E-state index is 1.32. The summed E-state index contributed by atoms with van der Waals surface area (Å²) in [6.07, 6.45) is 0. The van der Waals surface area contributed by atoms with Gasteiger partial charge >= 0.3 is 0 Å². The highest BCUT2D eigenvalue weighted by Crippen LogP contribution is 1.93. The molecule has 0 atom stereocenters. The summed E-state index contributed by atoms with van der Waals surface area (Å²) in [5, 5.41) is 0. The van der Waals surface area contributed by atoms with Crippen molar-refractivity contribution in [2.45, 2.75) is 62.3 Å². The molecule has 0 heteroatoms. The molecule has 0 unspecified atom stereocenters. The molecule has 0 aromatic heterocycles. The minimum atomic E-state index is 1.32. The van der Waals surface area contributed by atoms with E-state index < -0.39 is 0 Å². The quantitative estimate of drug-likeness (QED) is 0.372. The normalized spacial score (nSPS) is 7.44. The molecule has 0 aliphatic carbocycles. The second kappa shape index (κ2) is 25.9. The molecule has 27 heavy (non-hydrogen) atoms. The molecule has 0 N–H and O–H groups in total. The fraction of sp³-hybridized carbons (Fsp3) is 0.333. The number of rotatable bonds is 0. The predicted molar refractivity (Wildman–Crippen MR) is 128 cm³/mol. The Morgan fingerprint density at radius 1 is 0.296 bits per heavy atom. The Bertz CT molecular complexity index is 479. The molecule has 0 saturated carbocycles. The van der Waals surface area contributed by atoms with Gasteiger partial charge in [-0.15, -0.1) is 0 Å². The Hall–Kier alpha value is -2.34. The molecule has 0 nitrogen and oxygen atoms in total. The lowest BCUT2D eigenvalue weighted by molar-refractivity contribution is 1.48. The van der Waals surface area contributed by atoms with Crippen LogP contribution in [-0.4, -0.2) is 0 Å². The molecule has 0 heterocycles. The lowest BCUT2D eigenvalue weighted by atomic mass is 10.2. The van der Waals surface area contributed by atoms with Crippen molar-refractivity contribution in [3.63, 3.8) is 0 Å². The van der Waals surface area contributed by atoms with Crippen LogP contribution in [0.1, 0.15) is 58.2 Å². The molecule has 3 aromatic rings. The summed E-state index contributed by atoms with van der Waals surface area (Å²) < 4.78 is 0. The minimum Gasteiger partial charge on any atom is -0.0683 e. The zero-order chi connectivity index (χ0) is 21.3. The SMILES string of the molecule is CC.CC.CC.Cc1ccccc1.Cc1ccccc1.Cc1ccccc1. The summed E-state index contributed by atoms with van der Waals surface area (Å²) in [5.41, 5.74) is 3.97. The van der Waals surface area contributed by atoms with E-state index in [1.807, 2.05) is 96.1 Å². The topological polar surface area (TPSA) is 0 Å². The molecule has 0 aliphatic heterocycles. The van der Waals surface area contributed by atoms with Gasteiger partial charge in [0.2, 0.25) is 0 Å². The molecule has 0 fully saturated rings. The summed E-state index contributed by atoms with van der Waals surface area (Å²) in [4.78, 5) is 0. The van der Waals surface area contributed by atoms with Gasteiger partial charge in [0.1, 0.15) is 0 Å². The highest BCUT2D eigenvalue weighted by Gasteiger charge is 1.73. The Balaban J connectivity index is -0.000000281. The van der Waals surface area contributed by atoms with E-state index in [1.54, 1.807) is 0 Å². The molecule has 0 amide bonds. The Morgan fingerprint density at radius 3 is 0.519 bits per heavy atom. The van der Waals surface area contributed by atoms with Crippen molar-refractivity contribution < 1.29 is 0 Å². The standard InChI is InChI=1S/3C7H8.3C2H6/c3*1-7-5-3-2-4-6-7;3*1-2/h3*2-6H,1H3;3*1-2H3. The summed E-state index contributed by atoms with van der Waals surface area (Å²) in [6, 6.07) is 30.8. The number of aryl methyl sites for hydroxylation is 3. The van der Waals surface area contributed by atoms with Crippen LogP contribution in [0.4, 0.5) is 0 Å². The van der Waals surface area contributed by atoms with Gasteiger partial charge in [-0.05, 0) is 20.8 Å². The average molecular weight is 367 g/mol. The molecular weight excluding hydrogens is 324 g/mol. The lowest BCUT2D eigenvalue weighted by Crippen LogP contribution is -1.62. The predicted octanol–water partition coefficient (Wildman–Crippen LogP) is 9.06. The maximum absolute atomic E-state index is 2.08. The smallest absolute Gasteiger partial charge is 0.0398 e. The summed E-state index contributed by atoms with van der Waals surface area (Å²) in [7, 11) is 0. The zero-order valence-corrected chi connectivity index (χ0v) is 19.2. The molecule has 3 aromatic carbocycles. The van der Waals surface area contributed by atoms with Gasteiger partial charge in [-0.3, -0.25) is 0 Å². The lowest BCUT2D eigenvalue weighted by Gasteiger charge is -1.82. The zero-order valence-electron chi connectivity index (χ0n) is 19.2. The number of hydrogen-bond acceptors (Lipinski definition) is 0. The molecule has 150 valence electrons. The molecule has 0 bridgehead atoms. The van der Waals surface area contributed by atoms with Crippen molar-refractivity contribution in [1.29, 1.82) is 0 Å². The third-order valence-corrected chi connectivity index (χ3v) is 2.82. The molecule has 0 radical (unpaired) electrons. The van der Waals surface area contributed by atoms with Gasteiger partial charge in [0, 0.05) is 0 Å². The van der Waals surface area contributed by atoms with Crippen LogP contribution in [0.2, 0.25) is 0 Å². The van der Waals surface area contributed by atoms with Gasteiger partial charge in [-0.1, -0.05) is 149 Å². The maximum Gasteiger partial charge on any atom is -0.0398 e. The Kier molecular flexibility index (Phi) is 28.2. The van der Waals surface area contributed by atoms with Gasteiger partial charge in [0.15, 0.2) is 0 Å². The summed E-state index contributed by atoms with van der Waals surface area (Å²) in [5.74, 6) is 0. The van der Waals surface area contributed by atoms with Crippen molar-refractivity contribution in [2.75, 3.05) is 0 Å². The van der Waals surface area contributed by atoms with Crippen molar-refractivity contribution in [1.82, 2.24) is 0 Å². The van der Waals surface area contributed by atoms with E-state index >= 15 is 0 Å². The van der Waals surface area contributed by atoms with Gasteiger partial charge in [-0.2, -0.15) is 0 Å². The van der Waals surface area contributed by atoms with Crippen molar-refractivity contribution in [2.24, 2.45) is 0 Å². The first-order valence-corrected chi connectivity index (χ1v) is 10.2. The van der Waals surface area contributed by atoms with Crippen molar-refractivity contribution in [3.8, 4) is 0 Å². The van der Waals surface area contributed by atoms with Crippen molar-refractivity contribution in [3.05, 3.63) is 108 Å². The maximum atomic E-state index is 2.08. The van der Waals surface area contributed by atoms with Crippen molar-refractivity contribution >= 4 is 0 Å². The first-order chi connectivity index (χ1) is 13.2. The van der Waals surface area contributed by atoms with Crippen LogP contribution < -0.4 is 0 Å². The fourth-order valence-electron chi connectivity index (χ4n) is 1.60. The Labute approximate surface area is 170 Å². The molecule has 3 rings (SSSR count). The third-order valence-electron chi connectivity index (χ3n) is 2.82. The van der Waals surface area contributed by atoms with Crippen LogP contribution >= 0.6 is 0 Å². The van der Waals surface area contributed by atoms with E-state index in [0.29, 0.717) is 0 Å². The van der Waals surface area contributed by atoms with Gasteiger partial charge in [-0.25, -0.2) is 0 Å². The van der Waals surface area contributed by atoms with Gasteiger partial charge in [0.25, 0.3) is 0 Å². The first-order valence-electron chi connectivity index (χ1n) is 10.2. The summed E-state index contributed by atoms with van der Waals surface area (Å²) in [6.45, 7) is 18.2. The largest absolute Gasteiger partial charge is 0.0683 e. The fourth-order valence-corrected chi connectivity index (χ4v) is 1.60. The highest BCUT2D eigenvalue weighted by molar-refractivity contribution is 5.12. The molecule has 0 spiro atoms. The second-order valence-corrected chi connectivity index (χ2v) is 4.96. The Morgan fingerprint density at radius 2 is 0.444 bits per heavy atom. The number of benzene rings is 3. The second-order valence-electron chi connectivity index (χ2n) is 4.96. The van der Waals surface area contributed by atoms with Gasteiger partial charge in [0.05, 0.1) is 0 Å². The third kappa shape index (κ3) is 23.7. The monoisotopic (exact) mass is 366 g/mol. The van der Waals surface area contributed by atoms with E-state index in [4.69, 9.17) is 0 Å². The van der Waals surface area contributed by atoms with Crippen LogP contribution in [0.15, 0.2) is 91.0 Å². The average Bonchev–Trinajstić information content (AvgIpc) is 2.75. The van der Waals surface area contributed by atoms with Crippen LogP contribution in [0.25, 0.3) is 0 Å². The first kappa shape index (κ1) is 29.4. The van der Waals surface area contributed by atoms with E-state index in [9.17, 15) is 0 Å². The van der Waals surface area contributed by atoms with E-state index in [1.165, 1.54) is 16.7 Å².